The zero-order valence-electron chi connectivity index (χ0n) is 8.96. The number of carbonyl (C=O) groups excluding carboxylic acids is 1. The maximum atomic E-state index is 11.6. The van der Waals surface area contributed by atoms with Crippen LogP contribution in [0, 0.1) is 0 Å². The van der Waals surface area contributed by atoms with Crippen LogP contribution in [0.3, 0.4) is 0 Å². The molecule has 1 heterocycles. The number of benzene rings is 1. The average Bonchev–Trinajstić information content (AvgIpc) is 2.58. The molecule has 1 unspecified atom stereocenters. The van der Waals surface area contributed by atoms with E-state index in [4.69, 9.17) is 10.8 Å². The van der Waals surface area contributed by atoms with Gasteiger partial charge in [0.1, 0.15) is 11.3 Å². The zero-order chi connectivity index (χ0) is 12.6. The molecule has 1 atom stereocenters. The topological polar surface area (TPSA) is 104 Å². The summed E-state index contributed by atoms with van der Waals surface area (Å²) >= 11 is 0. The van der Waals surface area contributed by atoms with Crippen molar-refractivity contribution in [2.75, 3.05) is 11.4 Å². The maximum Gasteiger partial charge on any atom is 0.339 e. The van der Waals surface area contributed by atoms with Gasteiger partial charge in [0.2, 0.25) is 5.91 Å². The van der Waals surface area contributed by atoms with Crippen molar-refractivity contribution in [1.29, 1.82) is 0 Å². The van der Waals surface area contributed by atoms with Gasteiger partial charge in [0.25, 0.3) is 0 Å². The van der Waals surface area contributed by atoms with Crippen molar-refractivity contribution in [3.63, 3.8) is 0 Å². The first-order chi connectivity index (χ1) is 7.99. The van der Waals surface area contributed by atoms with E-state index in [9.17, 15) is 14.7 Å². The fourth-order valence-corrected chi connectivity index (χ4v) is 1.85. The highest BCUT2D eigenvalue weighted by Gasteiger charge is 2.28. The molecular weight excluding hydrogens is 224 g/mol. The number of amides is 1. The lowest BCUT2D eigenvalue weighted by Gasteiger charge is -2.16. The number of aromatic hydroxyl groups is 1. The Morgan fingerprint density at radius 2 is 2.18 bits per heavy atom. The van der Waals surface area contributed by atoms with Crippen molar-refractivity contribution in [3.8, 4) is 5.75 Å². The largest absolute Gasteiger partial charge is 0.507 e. The fourth-order valence-electron chi connectivity index (χ4n) is 1.85. The monoisotopic (exact) mass is 236 g/mol. The van der Waals surface area contributed by atoms with Crippen LogP contribution in [0.2, 0.25) is 0 Å². The summed E-state index contributed by atoms with van der Waals surface area (Å²) < 4.78 is 0. The predicted molar refractivity (Wildman–Crippen MR) is 60.0 cm³/mol. The SMILES string of the molecule is NC1CC(=O)N(c2ccc(O)c(C(=O)O)c2)C1. The first-order valence-electron chi connectivity index (χ1n) is 5.11. The van der Waals surface area contributed by atoms with E-state index in [-0.39, 0.29) is 29.7 Å². The molecule has 0 spiro atoms. The van der Waals surface area contributed by atoms with E-state index in [1.54, 1.807) is 0 Å². The summed E-state index contributed by atoms with van der Waals surface area (Å²) in [5.74, 6) is -1.70. The third kappa shape index (κ3) is 2.07. The van der Waals surface area contributed by atoms with Crippen molar-refractivity contribution in [2.24, 2.45) is 5.73 Å². The van der Waals surface area contributed by atoms with Crippen molar-refractivity contribution in [1.82, 2.24) is 0 Å². The molecule has 2 rings (SSSR count). The molecular formula is C11H12N2O4. The Balaban J connectivity index is 2.37. The van der Waals surface area contributed by atoms with Gasteiger partial charge in [-0.15, -0.1) is 0 Å². The van der Waals surface area contributed by atoms with Gasteiger partial charge in [0, 0.05) is 24.7 Å². The summed E-state index contributed by atoms with van der Waals surface area (Å²) in [6.45, 7) is 0.364. The number of hydrogen-bond acceptors (Lipinski definition) is 4. The summed E-state index contributed by atoms with van der Waals surface area (Å²) in [6, 6.07) is 3.80. The highest BCUT2D eigenvalue weighted by molar-refractivity contribution is 5.98. The molecule has 1 aromatic carbocycles. The van der Waals surface area contributed by atoms with Crippen molar-refractivity contribution in [2.45, 2.75) is 12.5 Å². The Bertz CT molecular complexity index is 486. The molecule has 6 nitrogen and oxygen atoms in total. The molecule has 17 heavy (non-hydrogen) atoms. The second-order valence-corrected chi connectivity index (χ2v) is 3.98. The van der Waals surface area contributed by atoms with Gasteiger partial charge in [-0.3, -0.25) is 4.79 Å². The number of anilines is 1. The van der Waals surface area contributed by atoms with Crippen LogP contribution >= 0.6 is 0 Å². The Morgan fingerprint density at radius 1 is 1.47 bits per heavy atom. The van der Waals surface area contributed by atoms with Gasteiger partial charge in [-0.05, 0) is 18.2 Å². The highest BCUT2D eigenvalue weighted by atomic mass is 16.4. The first kappa shape index (κ1) is 11.4. The molecule has 0 aromatic heterocycles. The van der Waals surface area contributed by atoms with Crippen molar-refractivity contribution >= 4 is 17.6 Å². The molecule has 1 fully saturated rings. The van der Waals surface area contributed by atoms with Crippen LogP contribution in [0.25, 0.3) is 0 Å². The Hall–Kier alpha value is -2.08. The smallest absolute Gasteiger partial charge is 0.339 e. The van der Waals surface area contributed by atoms with Gasteiger partial charge in [-0.2, -0.15) is 0 Å². The lowest BCUT2D eigenvalue weighted by molar-refractivity contribution is -0.117. The summed E-state index contributed by atoms with van der Waals surface area (Å²) in [5, 5.41) is 18.2. The van der Waals surface area contributed by atoms with Gasteiger partial charge in [-0.25, -0.2) is 4.79 Å². The van der Waals surface area contributed by atoms with E-state index in [2.05, 4.69) is 0 Å². The Morgan fingerprint density at radius 3 is 2.71 bits per heavy atom. The first-order valence-corrected chi connectivity index (χ1v) is 5.11. The predicted octanol–water partition coefficient (Wildman–Crippen LogP) is 0.154. The number of nitrogens with zero attached hydrogens (tertiary/aromatic N) is 1. The minimum absolute atomic E-state index is 0.139. The summed E-state index contributed by atoms with van der Waals surface area (Å²) in [7, 11) is 0. The number of carboxylic acid groups (broad SMARTS) is 1. The van der Waals surface area contributed by atoms with Crippen LogP contribution in [0.5, 0.6) is 5.75 Å². The van der Waals surface area contributed by atoms with E-state index in [1.165, 1.54) is 23.1 Å². The average molecular weight is 236 g/mol. The summed E-state index contributed by atoms with van der Waals surface area (Å²) in [4.78, 5) is 23.9. The molecule has 1 aliphatic rings. The molecule has 0 bridgehead atoms. The second kappa shape index (κ2) is 4.06. The summed E-state index contributed by atoms with van der Waals surface area (Å²) in [6.07, 6.45) is 0.253. The molecule has 0 radical (unpaired) electrons. The lowest BCUT2D eigenvalue weighted by atomic mass is 10.1. The van der Waals surface area contributed by atoms with Gasteiger partial charge in [0.15, 0.2) is 0 Å². The number of carboxylic acids is 1. The van der Waals surface area contributed by atoms with Crippen molar-refractivity contribution in [3.05, 3.63) is 23.8 Å². The number of aromatic carboxylic acids is 1. The molecule has 1 amide bonds. The molecule has 6 heteroatoms. The Labute approximate surface area is 97.3 Å². The minimum Gasteiger partial charge on any atom is -0.507 e. The number of hydrogen-bond donors (Lipinski definition) is 3. The number of rotatable bonds is 2. The number of carbonyl (C=O) groups is 2. The van der Waals surface area contributed by atoms with E-state index >= 15 is 0 Å². The minimum atomic E-state index is -1.24. The lowest BCUT2D eigenvalue weighted by Crippen LogP contribution is -2.28. The van der Waals surface area contributed by atoms with Crippen molar-refractivity contribution < 1.29 is 19.8 Å². The third-order valence-electron chi connectivity index (χ3n) is 2.68. The number of nitrogens with two attached hydrogens (primary N) is 1. The third-order valence-corrected chi connectivity index (χ3v) is 2.68. The fraction of sp³-hybridized carbons (Fsp3) is 0.273. The molecule has 0 aliphatic carbocycles. The van der Waals surface area contributed by atoms with Gasteiger partial charge >= 0.3 is 5.97 Å². The van der Waals surface area contributed by atoms with E-state index in [0.717, 1.165) is 0 Å². The van der Waals surface area contributed by atoms with E-state index < -0.39 is 5.97 Å². The Kier molecular flexibility index (Phi) is 2.72. The van der Waals surface area contributed by atoms with Crippen LogP contribution in [0.4, 0.5) is 5.69 Å². The highest BCUT2D eigenvalue weighted by Crippen LogP contribution is 2.26. The van der Waals surface area contributed by atoms with E-state index in [0.29, 0.717) is 12.2 Å². The summed E-state index contributed by atoms with van der Waals surface area (Å²) in [5.41, 5.74) is 5.87. The van der Waals surface area contributed by atoms with Gasteiger partial charge < -0.3 is 20.8 Å². The molecule has 0 saturated carbocycles. The molecule has 90 valence electrons. The molecule has 1 aliphatic heterocycles. The zero-order valence-corrected chi connectivity index (χ0v) is 8.96. The molecule has 4 N–H and O–H groups in total. The normalized spacial score (nSPS) is 19.7. The van der Waals surface area contributed by atoms with Gasteiger partial charge in [-0.1, -0.05) is 0 Å². The van der Waals surface area contributed by atoms with Crippen LogP contribution in [0.1, 0.15) is 16.8 Å². The quantitative estimate of drug-likeness (QED) is 0.678. The maximum absolute atomic E-state index is 11.6. The van der Waals surface area contributed by atoms with Crippen LogP contribution in [-0.2, 0) is 4.79 Å². The van der Waals surface area contributed by atoms with Crippen LogP contribution in [0.15, 0.2) is 18.2 Å². The van der Waals surface area contributed by atoms with Crippen LogP contribution in [-0.4, -0.2) is 34.7 Å². The number of phenols is 1. The molecule has 1 saturated heterocycles. The second-order valence-electron chi connectivity index (χ2n) is 3.98. The van der Waals surface area contributed by atoms with E-state index in [1.807, 2.05) is 0 Å². The standard InChI is InChI=1S/C11H12N2O4/c12-6-3-10(15)13(5-6)7-1-2-9(14)8(4-7)11(16)17/h1-2,4,6,14H,3,5,12H2,(H,16,17). The molecule has 1 aromatic rings. The van der Waals surface area contributed by atoms with Gasteiger partial charge in [0.05, 0.1) is 0 Å². The van der Waals surface area contributed by atoms with Crippen LogP contribution < -0.4 is 10.6 Å².